The molecule has 1 saturated heterocycles. The molecular weight excluding hydrogens is 324 g/mol. The highest BCUT2D eigenvalue weighted by Gasteiger charge is 2.13. The number of nitrogens with one attached hydrogen (secondary N) is 1. The summed E-state index contributed by atoms with van der Waals surface area (Å²) < 4.78 is 5.43. The fourth-order valence-electron chi connectivity index (χ4n) is 3.06. The number of hydrogen-bond acceptors (Lipinski definition) is 4. The highest BCUT2D eigenvalue weighted by Crippen LogP contribution is 2.23. The van der Waals surface area contributed by atoms with Crippen LogP contribution in [0.15, 0.2) is 37.7 Å². The van der Waals surface area contributed by atoms with Gasteiger partial charge in [-0.1, -0.05) is 19.2 Å². The zero-order valence-corrected chi connectivity index (χ0v) is 15.6. The van der Waals surface area contributed by atoms with Crippen molar-refractivity contribution in [3.8, 4) is 0 Å². The predicted octanol–water partition coefficient (Wildman–Crippen LogP) is 3.71. The van der Waals surface area contributed by atoms with E-state index < -0.39 is 0 Å². The highest BCUT2D eigenvalue weighted by atomic mass is 16.5. The second-order valence-corrected chi connectivity index (χ2v) is 6.67. The summed E-state index contributed by atoms with van der Waals surface area (Å²) in [5.74, 6) is 0. The molecule has 26 heavy (non-hydrogen) atoms. The first-order valence-electron chi connectivity index (χ1n) is 8.87. The van der Waals surface area contributed by atoms with Crippen LogP contribution in [0.2, 0.25) is 0 Å². The molecule has 5 nitrogen and oxygen atoms in total. The van der Waals surface area contributed by atoms with Crippen molar-refractivity contribution in [2.24, 2.45) is 0 Å². The standard InChI is InChI=1S/C21H26N4O/c1-15(2)21-19(13-23-24-21)16(3)5-6-20-17(4)18(7-8-22-20)14-25-9-11-26-12-10-25/h5-8,13H,1,3,9-12,14H2,2,4H3,(H,23,24)/b6-5-. The van der Waals surface area contributed by atoms with E-state index in [1.54, 1.807) is 6.20 Å². The molecule has 5 heteroatoms. The molecule has 0 amide bonds. The Labute approximate surface area is 155 Å². The Morgan fingerprint density at radius 1 is 1.35 bits per heavy atom. The lowest BCUT2D eigenvalue weighted by Gasteiger charge is -2.27. The molecule has 1 N–H and O–H groups in total. The molecule has 136 valence electrons. The summed E-state index contributed by atoms with van der Waals surface area (Å²) in [6.07, 6.45) is 7.68. The van der Waals surface area contributed by atoms with Crippen molar-refractivity contribution in [2.45, 2.75) is 20.4 Å². The molecule has 0 bridgehead atoms. The normalized spacial score (nSPS) is 15.5. The largest absolute Gasteiger partial charge is 0.379 e. The molecule has 2 aromatic rings. The predicted molar refractivity (Wildman–Crippen MR) is 106 cm³/mol. The van der Waals surface area contributed by atoms with Crippen LogP contribution in [0, 0.1) is 6.92 Å². The van der Waals surface area contributed by atoms with Crippen molar-refractivity contribution < 1.29 is 4.74 Å². The van der Waals surface area contributed by atoms with E-state index in [0.717, 1.165) is 60.9 Å². The minimum Gasteiger partial charge on any atom is -0.379 e. The SMILES string of the molecule is C=C(/C=C\c1nccc(CN2CCOCC2)c1C)c1cn[nH]c1C(=C)C. The maximum Gasteiger partial charge on any atom is 0.0679 e. The zero-order chi connectivity index (χ0) is 18.5. The number of H-pyrrole nitrogens is 1. The second kappa shape index (κ2) is 8.25. The van der Waals surface area contributed by atoms with Crippen LogP contribution in [0.5, 0.6) is 0 Å². The highest BCUT2D eigenvalue weighted by molar-refractivity contribution is 5.82. The van der Waals surface area contributed by atoms with Crippen molar-refractivity contribution in [1.29, 1.82) is 0 Å². The van der Waals surface area contributed by atoms with Crippen molar-refractivity contribution in [3.05, 3.63) is 65.8 Å². The number of rotatable bonds is 6. The minimum absolute atomic E-state index is 0.812. The van der Waals surface area contributed by atoms with Gasteiger partial charge >= 0.3 is 0 Å². The third-order valence-electron chi connectivity index (χ3n) is 4.71. The van der Waals surface area contributed by atoms with Crippen LogP contribution in [-0.4, -0.2) is 46.4 Å². The molecule has 0 unspecified atom stereocenters. The van der Waals surface area contributed by atoms with E-state index in [2.05, 4.69) is 46.2 Å². The van der Waals surface area contributed by atoms with Gasteiger partial charge in [-0.2, -0.15) is 5.10 Å². The molecule has 0 atom stereocenters. The number of morpholine rings is 1. The fourth-order valence-corrected chi connectivity index (χ4v) is 3.06. The van der Waals surface area contributed by atoms with Crippen LogP contribution in [0.4, 0.5) is 0 Å². The van der Waals surface area contributed by atoms with Crippen LogP contribution in [0.1, 0.15) is 35.0 Å². The molecule has 1 aliphatic heterocycles. The van der Waals surface area contributed by atoms with Crippen molar-refractivity contribution in [2.75, 3.05) is 26.3 Å². The Morgan fingerprint density at radius 2 is 2.12 bits per heavy atom. The lowest BCUT2D eigenvalue weighted by Crippen LogP contribution is -2.35. The average Bonchev–Trinajstić information content (AvgIpc) is 3.13. The Hall–Kier alpha value is -2.50. The van der Waals surface area contributed by atoms with Gasteiger partial charge < -0.3 is 4.74 Å². The van der Waals surface area contributed by atoms with Crippen molar-refractivity contribution in [3.63, 3.8) is 0 Å². The van der Waals surface area contributed by atoms with E-state index in [0.29, 0.717) is 0 Å². The number of nitrogens with zero attached hydrogens (tertiary/aromatic N) is 3. The first-order chi connectivity index (χ1) is 12.6. The first-order valence-corrected chi connectivity index (χ1v) is 8.87. The van der Waals surface area contributed by atoms with Gasteiger partial charge in [-0.3, -0.25) is 15.0 Å². The summed E-state index contributed by atoms with van der Waals surface area (Å²) in [5, 5.41) is 7.08. The second-order valence-electron chi connectivity index (χ2n) is 6.67. The molecule has 2 aromatic heterocycles. The summed E-state index contributed by atoms with van der Waals surface area (Å²) in [4.78, 5) is 6.95. The molecule has 0 saturated carbocycles. The molecule has 3 heterocycles. The monoisotopic (exact) mass is 350 g/mol. The number of aromatic amines is 1. The lowest BCUT2D eigenvalue weighted by atomic mass is 10.0. The summed E-state index contributed by atoms with van der Waals surface area (Å²) >= 11 is 0. The van der Waals surface area contributed by atoms with Gasteiger partial charge in [0.25, 0.3) is 0 Å². The van der Waals surface area contributed by atoms with Crippen molar-refractivity contribution >= 4 is 17.2 Å². The minimum atomic E-state index is 0.812. The van der Waals surface area contributed by atoms with Gasteiger partial charge in [0, 0.05) is 31.4 Å². The maximum atomic E-state index is 5.43. The first kappa shape index (κ1) is 18.3. The Morgan fingerprint density at radius 3 is 2.85 bits per heavy atom. The van der Waals surface area contributed by atoms with Crippen LogP contribution < -0.4 is 0 Å². The lowest BCUT2D eigenvalue weighted by molar-refractivity contribution is 0.0341. The van der Waals surface area contributed by atoms with Crippen LogP contribution >= 0.6 is 0 Å². The number of pyridine rings is 1. The topological polar surface area (TPSA) is 54.0 Å². The van der Waals surface area contributed by atoms with E-state index >= 15 is 0 Å². The molecule has 0 radical (unpaired) electrons. The zero-order valence-electron chi connectivity index (χ0n) is 15.6. The van der Waals surface area contributed by atoms with Gasteiger partial charge in [-0.15, -0.1) is 0 Å². The molecule has 0 aliphatic carbocycles. The third kappa shape index (κ3) is 4.18. The van der Waals surface area contributed by atoms with Gasteiger partial charge in [-0.05, 0) is 48.3 Å². The fraction of sp³-hybridized carbons (Fsp3) is 0.333. The molecule has 1 fully saturated rings. The van der Waals surface area contributed by atoms with E-state index in [-0.39, 0.29) is 0 Å². The number of ether oxygens (including phenoxy) is 1. The van der Waals surface area contributed by atoms with Gasteiger partial charge in [-0.25, -0.2) is 0 Å². The number of hydrogen-bond donors (Lipinski definition) is 1. The smallest absolute Gasteiger partial charge is 0.0679 e. The Bertz CT molecular complexity index is 828. The molecular formula is C21H26N4O. The van der Waals surface area contributed by atoms with E-state index in [1.165, 1.54) is 11.1 Å². The van der Waals surface area contributed by atoms with E-state index in [4.69, 9.17) is 4.74 Å². The van der Waals surface area contributed by atoms with E-state index in [9.17, 15) is 0 Å². The van der Waals surface area contributed by atoms with Gasteiger partial charge in [0.05, 0.1) is 30.8 Å². The quantitative estimate of drug-likeness (QED) is 0.807. The number of allylic oxidation sites excluding steroid dienone is 3. The Balaban J connectivity index is 1.75. The summed E-state index contributed by atoms with van der Waals surface area (Å²) in [7, 11) is 0. The summed E-state index contributed by atoms with van der Waals surface area (Å²) in [5.41, 5.74) is 7.19. The van der Waals surface area contributed by atoms with Crippen LogP contribution in [-0.2, 0) is 11.3 Å². The molecule has 0 aromatic carbocycles. The van der Waals surface area contributed by atoms with E-state index in [1.807, 2.05) is 25.3 Å². The van der Waals surface area contributed by atoms with Crippen molar-refractivity contribution in [1.82, 2.24) is 20.1 Å². The van der Waals surface area contributed by atoms with Gasteiger partial charge in [0.1, 0.15) is 0 Å². The maximum absolute atomic E-state index is 5.43. The number of aromatic nitrogens is 3. The Kier molecular flexibility index (Phi) is 5.81. The molecule has 1 aliphatic rings. The van der Waals surface area contributed by atoms with Gasteiger partial charge in [0.2, 0.25) is 0 Å². The average molecular weight is 350 g/mol. The van der Waals surface area contributed by atoms with Gasteiger partial charge in [0.15, 0.2) is 0 Å². The third-order valence-corrected chi connectivity index (χ3v) is 4.71. The molecule has 0 spiro atoms. The molecule has 3 rings (SSSR count). The van der Waals surface area contributed by atoms with Crippen LogP contribution in [0.3, 0.4) is 0 Å². The van der Waals surface area contributed by atoms with Crippen LogP contribution in [0.25, 0.3) is 17.2 Å². The summed E-state index contributed by atoms with van der Waals surface area (Å²) in [6, 6.07) is 2.10. The summed E-state index contributed by atoms with van der Waals surface area (Å²) in [6.45, 7) is 16.7.